The molecule has 31 heavy (non-hydrogen) atoms. The van der Waals surface area contributed by atoms with E-state index in [2.05, 4.69) is 19.1 Å². The molecule has 0 spiro atoms. The molecule has 0 aromatic carbocycles. The third-order valence-corrected chi connectivity index (χ3v) is 5.80. The predicted molar refractivity (Wildman–Crippen MR) is 125 cm³/mol. The molecule has 0 aromatic heterocycles. The van der Waals surface area contributed by atoms with Gasteiger partial charge in [-0.15, -0.1) is 0 Å². The van der Waals surface area contributed by atoms with Crippen LogP contribution >= 0.6 is 0 Å². The molecule has 1 radical (unpaired) electrons. The molecule has 179 valence electrons. The van der Waals surface area contributed by atoms with E-state index < -0.39 is 15.5 Å². The maximum absolute atomic E-state index is 10.8. The second kappa shape index (κ2) is 20.1. The standard InChI is InChI=1S/C24H43N2O5/c1-2-3-4-5-6-7-8-9-10-11-12-13-14-15-16-17-18-19-20-21-22-24(23-27,25(28)29)26(30)31/h9-10H,2-8,11-22H2,1H3/b10-9-. The molecule has 0 atom stereocenters. The van der Waals surface area contributed by atoms with E-state index in [1.54, 1.807) is 0 Å². The Morgan fingerprint density at radius 1 is 0.645 bits per heavy atom. The monoisotopic (exact) mass is 439 g/mol. The van der Waals surface area contributed by atoms with E-state index in [0.717, 1.165) is 25.5 Å². The molecule has 0 N–H and O–H groups in total. The number of nitro groups is 2. The lowest BCUT2D eigenvalue weighted by Crippen LogP contribution is -2.47. The van der Waals surface area contributed by atoms with Gasteiger partial charge in [0.05, 0.1) is 6.42 Å². The van der Waals surface area contributed by atoms with E-state index >= 15 is 0 Å². The largest absolute Gasteiger partial charge is 0.523 e. The van der Waals surface area contributed by atoms with Crippen LogP contribution in [-0.4, -0.2) is 21.8 Å². The Bertz CT molecular complexity index is 494. The van der Waals surface area contributed by atoms with Gasteiger partial charge in [-0.25, -0.2) is 0 Å². The molecule has 0 aromatic rings. The van der Waals surface area contributed by atoms with E-state index in [4.69, 9.17) is 0 Å². The van der Waals surface area contributed by atoms with Gasteiger partial charge in [-0.05, 0) is 32.1 Å². The number of nitrogens with zero attached hydrogens (tertiary/aromatic N) is 2. The summed E-state index contributed by atoms with van der Waals surface area (Å²) in [6.45, 7) is 2.25. The Hall–Kier alpha value is -1.79. The molecule has 0 saturated heterocycles. The molecule has 0 unspecified atom stereocenters. The Balaban J connectivity index is 3.44. The molecular weight excluding hydrogens is 396 g/mol. The van der Waals surface area contributed by atoms with E-state index in [9.17, 15) is 25.0 Å². The molecule has 0 saturated carbocycles. The predicted octanol–water partition coefficient (Wildman–Crippen LogP) is 7.33. The summed E-state index contributed by atoms with van der Waals surface area (Å²) in [5.41, 5.74) is -2.79. The number of unbranched alkanes of at least 4 members (excludes halogenated alkanes) is 16. The van der Waals surface area contributed by atoms with Crippen molar-refractivity contribution in [3.63, 3.8) is 0 Å². The molecule has 0 aliphatic heterocycles. The summed E-state index contributed by atoms with van der Waals surface area (Å²) in [5.74, 6) is 0. The zero-order chi connectivity index (χ0) is 23.2. The maximum atomic E-state index is 10.8. The van der Waals surface area contributed by atoms with Crippen LogP contribution in [0.15, 0.2) is 12.2 Å². The summed E-state index contributed by atoms with van der Waals surface area (Å²) in [4.78, 5) is 30.1. The van der Waals surface area contributed by atoms with Crippen LogP contribution in [-0.2, 0) is 4.79 Å². The number of carbonyl (C=O) groups excluding carboxylic acids is 1. The summed E-state index contributed by atoms with van der Waals surface area (Å²) < 4.78 is 0. The summed E-state index contributed by atoms with van der Waals surface area (Å²) in [7, 11) is 0. The molecular formula is C24H43N2O5. The van der Waals surface area contributed by atoms with Gasteiger partial charge >= 0.3 is 11.9 Å². The second-order valence-electron chi connectivity index (χ2n) is 8.53. The molecule has 0 bridgehead atoms. The number of hydrogen-bond donors (Lipinski definition) is 0. The topological polar surface area (TPSA) is 103 Å². The van der Waals surface area contributed by atoms with Crippen molar-refractivity contribution < 1.29 is 14.6 Å². The first-order valence-corrected chi connectivity index (χ1v) is 12.3. The third kappa shape index (κ3) is 14.8. The van der Waals surface area contributed by atoms with Crippen molar-refractivity contribution in [1.82, 2.24) is 0 Å². The normalized spacial score (nSPS) is 11.8. The van der Waals surface area contributed by atoms with Crippen molar-refractivity contribution in [3.05, 3.63) is 32.4 Å². The highest BCUT2D eigenvalue weighted by atomic mass is 16.7. The van der Waals surface area contributed by atoms with Crippen molar-refractivity contribution in [2.24, 2.45) is 0 Å². The number of rotatable bonds is 23. The van der Waals surface area contributed by atoms with Crippen LogP contribution in [0.1, 0.15) is 129 Å². The molecule has 0 heterocycles. The Morgan fingerprint density at radius 3 is 1.35 bits per heavy atom. The minimum absolute atomic E-state index is 0.295. The second-order valence-corrected chi connectivity index (χ2v) is 8.53. The highest BCUT2D eigenvalue weighted by molar-refractivity contribution is 5.59. The van der Waals surface area contributed by atoms with E-state index in [1.807, 2.05) is 0 Å². The number of hydrogen-bond acceptors (Lipinski definition) is 5. The van der Waals surface area contributed by atoms with Gasteiger partial charge in [0.1, 0.15) is 9.85 Å². The number of allylic oxidation sites excluding steroid dienone is 2. The van der Waals surface area contributed by atoms with Crippen molar-refractivity contribution in [1.29, 1.82) is 0 Å². The Kier molecular flexibility index (Phi) is 19.0. The molecule has 0 amide bonds. The lowest BCUT2D eigenvalue weighted by atomic mass is 10.0. The van der Waals surface area contributed by atoms with Crippen LogP contribution in [0.4, 0.5) is 0 Å². The third-order valence-electron chi connectivity index (χ3n) is 5.80. The zero-order valence-corrected chi connectivity index (χ0v) is 19.5. The first-order valence-electron chi connectivity index (χ1n) is 12.3. The SMILES string of the molecule is CCCCCCCC/C=C\CCCCCCCCCCCCC([C]=O)([N+](=O)[O-])[N+](=O)[O-]. The van der Waals surface area contributed by atoms with Gasteiger partial charge in [0, 0.05) is 0 Å². The Labute approximate surface area is 188 Å². The highest BCUT2D eigenvalue weighted by Gasteiger charge is 2.57. The van der Waals surface area contributed by atoms with Gasteiger partial charge in [-0.2, -0.15) is 0 Å². The van der Waals surface area contributed by atoms with Crippen LogP contribution in [0.25, 0.3) is 0 Å². The van der Waals surface area contributed by atoms with Gasteiger partial charge in [0.15, 0.2) is 0 Å². The van der Waals surface area contributed by atoms with Crippen molar-refractivity contribution in [3.8, 4) is 0 Å². The summed E-state index contributed by atoms with van der Waals surface area (Å²) >= 11 is 0. The smallest absolute Gasteiger partial charge is 0.273 e. The molecule has 7 heteroatoms. The Morgan fingerprint density at radius 2 is 1.00 bits per heavy atom. The molecule has 0 rings (SSSR count). The average Bonchev–Trinajstić information content (AvgIpc) is 2.74. The van der Waals surface area contributed by atoms with Crippen LogP contribution < -0.4 is 0 Å². The first kappa shape index (κ1) is 29.2. The van der Waals surface area contributed by atoms with Gasteiger partial charge in [-0.3, -0.25) is 25.0 Å². The van der Waals surface area contributed by atoms with Gasteiger partial charge < -0.3 is 0 Å². The lowest BCUT2D eigenvalue weighted by molar-refractivity contribution is -0.772. The molecule has 0 aliphatic rings. The highest BCUT2D eigenvalue weighted by Crippen LogP contribution is 2.19. The van der Waals surface area contributed by atoms with Crippen molar-refractivity contribution in [2.45, 2.75) is 135 Å². The summed E-state index contributed by atoms with van der Waals surface area (Å²) in [5, 5.41) is 21.6. The quantitative estimate of drug-likeness (QED) is 0.0545. The van der Waals surface area contributed by atoms with Crippen molar-refractivity contribution >= 4 is 6.29 Å². The lowest BCUT2D eigenvalue weighted by Gasteiger charge is -2.09. The zero-order valence-electron chi connectivity index (χ0n) is 19.5. The van der Waals surface area contributed by atoms with Gasteiger partial charge in [-0.1, -0.05) is 103 Å². The summed E-state index contributed by atoms with van der Waals surface area (Å²) in [6, 6.07) is 0. The maximum Gasteiger partial charge on any atom is 0.523 e. The van der Waals surface area contributed by atoms with E-state index in [1.165, 1.54) is 83.5 Å². The molecule has 7 nitrogen and oxygen atoms in total. The average molecular weight is 440 g/mol. The van der Waals surface area contributed by atoms with Crippen LogP contribution in [0.3, 0.4) is 0 Å². The van der Waals surface area contributed by atoms with E-state index in [0.29, 0.717) is 12.8 Å². The fourth-order valence-corrected chi connectivity index (χ4v) is 3.70. The summed E-state index contributed by atoms with van der Waals surface area (Å²) in [6.07, 6.45) is 26.0. The van der Waals surface area contributed by atoms with Gasteiger partial charge in [0.2, 0.25) is 0 Å². The minimum Gasteiger partial charge on any atom is -0.273 e. The first-order chi connectivity index (χ1) is 15.0. The van der Waals surface area contributed by atoms with Crippen LogP contribution in [0.5, 0.6) is 0 Å². The van der Waals surface area contributed by atoms with Crippen LogP contribution in [0, 0.1) is 20.2 Å². The van der Waals surface area contributed by atoms with Crippen molar-refractivity contribution in [2.75, 3.05) is 0 Å². The van der Waals surface area contributed by atoms with E-state index in [-0.39, 0.29) is 6.42 Å². The fraction of sp³-hybridized carbons (Fsp3) is 0.875. The fourth-order valence-electron chi connectivity index (χ4n) is 3.70. The van der Waals surface area contributed by atoms with Crippen LogP contribution in [0.2, 0.25) is 0 Å². The van der Waals surface area contributed by atoms with Gasteiger partial charge in [0.25, 0.3) is 0 Å². The minimum atomic E-state index is -2.79. The molecule has 0 fully saturated rings. The molecule has 0 aliphatic carbocycles.